The van der Waals surface area contributed by atoms with Gasteiger partial charge >= 0.3 is 0 Å². The van der Waals surface area contributed by atoms with Crippen molar-refractivity contribution in [1.29, 1.82) is 0 Å². The Morgan fingerprint density at radius 3 is 2.90 bits per heavy atom. The van der Waals surface area contributed by atoms with Gasteiger partial charge in [-0.2, -0.15) is 0 Å². The summed E-state index contributed by atoms with van der Waals surface area (Å²) in [6.45, 7) is 3.28. The van der Waals surface area contributed by atoms with Crippen LogP contribution in [0.1, 0.15) is 44.9 Å². The highest BCUT2D eigenvalue weighted by molar-refractivity contribution is 8.00. The number of nitrogens with zero attached hydrogens (tertiary/aromatic N) is 1. The van der Waals surface area contributed by atoms with Crippen LogP contribution in [0.5, 0.6) is 0 Å². The maximum atomic E-state index is 12.6. The van der Waals surface area contributed by atoms with Crippen molar-refractivity contribution in [3.8, 4) is 0 Å². The van der Waals surface area contributed by atoms with Crippen molar-refractivity contribution in [2.45, 2.75) is 56.5 Å². The molecule has 3 fully saturated rings. The number of likely N-dealkylation sites (tertiary alicyclic amines) is 1. The van der Waals surface area contributed by atoms with E-state index in [0.717, 1.165) is 19.0 Å². The minimum Gasteiger partial charge on any atom is -0.339 e. The molecule has 20 heavy (non-hydrogen) atoms. The molecule has 2 aliphatic heterocycles. The molecular formula is C15H28N3OS+. The Hall–Kier alpha value is -0.260. The van der Waals surface area contributed by atoms with Gasteiger partial charge in [0.05, 0.1) is 12.3 Å². The molecule has 0 radical (unpaired) electrons. The van der Waals surface area contributed by atoms with Gasteiger partial charge in [0.25, 0.3) is 0 Å². The van der Waals surface area contributed by atoms with Crippen molar-refractivity contribution in [3.63, 3.8) is 0 Å². The SMILES string of the molecule is O=C(CSC1NCCC[NH2+]1)N1CCCC2CCCCC21. The Morgan fingerprint density at radius 1 is 1.20 bits per heavy atom. The number of carbonyl (C=O) groups excluding carboxylic acids is 1. The van der Waals surface area contributed by atoms with Crippen molar-refractivity contribution in [1.82, 2.24) is 10.2 Å². The van der Waals surface area contributed by atoms with Crippen molar-refractivity contribution >= 4 is 17.7 Å². The lowest BCUT2D eigenvalue weighted by atomic mass is 9.78. The van der Waals surface area contributed by atoms with Gasteiger partial charge in [0, 0.05) is 25.6 Å². The lowest BCUT2D eigenvalue weighted by molar-refractivity contribution is -0.679. The molecular weight excluding hydrogens is 270 g/mol. The lowest BCUT2D eigenvalue weighted by Gasteiger charge is -2.44. The molecule has 3 N–H and O–H groups in total. The normalized spacial score (nSPS) is 34.6. The maximum absolute atomic E-state index is 12.6. The van der Waals surface area contributed by atoms with Crippen LogP contribution in [0, 0.1) is 5.92 Å². The van der Waals surface area contributed by atoms with E-state index in [1.165, 1.54) is 51.5 Å². The third kappa shape index (κ3) is 3.49. The van der Waals surface area contributed by atoms with Crippen molar-refractivity contribution < 1.29 is 10.1 Å². The summed E-state index contributed by atoms with van der Waals surface area (Å²) in [7, 11) is 0. The quantitative estimate of drug-likeness (QED) is 0.808. The van der Waals surface area contributed by atoms with Crippen LogP contribution in [-0.2, 0) is 4.79 Å². The molecule has 4 nitrogen and oxygen atoms in total. The van der Waals surface area contributed by atoms with Gasteiger partial charge in [0.2, 0.25) is 5.91 Å². The first-order chi connectivity index (χ1) is 9.84. The minimum atomic E-state index is 0.382. The third-order valence-electron chi connectivity index (χ3n) is 5.06. The van der Waals surface area contributed by atoms with Gasteiger partial charge in [-0.05, 0) is 31.6 Å². The maximum Gasteiger partial charge on any atom is 0.233 e. The number of fused-ring (bicyclic) bond motifs is 1. The number of hydrogen-bond acceptors (Lipinski definition) is 3. The molecule has 0 bridgehead atoms. The molecule has 3 unspecified atom stereocenters. The molecule has 0 aromatic heterocycles. The molecule has 1 aliphatic carbocycles. The molecule has 0 aromatic carbocycles. The van der Waals surface area contributed by atoms with Gasteiger partial charge in [-0.15, -0.1) is 0 Å². The van der Waals surface area contributed by atoms with Crippen LogP contribution in [0.25, 0.3) is 0 Å². The molecule has 5 heteroatoms. The summed E-state index contributed by atoms with van der Waals surface area (Å²) >= 11 is 1.78. The van der Waals surface area contributed by atoms with Crippen LogP contribution >= 0.6 is 11.8 Å². The first-order valence-electron chi connectivity index (χ1n) is 8.32. The summed E-state index contributed by atoms with van der Waals surface area (Å²) in [6, 6.07) is 0.564. The van der Waals surface area contributed by atoms with Gasteiger partial charge < -0.3 is 10.2 Å². The number of quaternary nitrogens is 1. The summed E-state index contributed by atoms with van der Waals surface area (Å²) in [5, 5.41) is 5.79. The molecule has 2 heterocycles. The monoisotopic (exact) mass is 298 g/mol. The minimum absolute atomic E-state index is 0.382. The number of carbonyl (C=O) groups is 1. The molecule has 2 saturated heterocycles. The standard InChI is InChI=1S/C15H27N3OS/c19-14(11-20-15-16-8-4-9-17-15)18-10-3-6-12-5-1-2-7-13(12)18/h12-13,15-17H,1-11H2/p+1. The van der Waals surface area contributed by atoms with Crippen LogP contribution in [-0.4, -0.2) is 47.7 Å². The second kappa shape index (κ2) is 7.14. The summed E-state index contributed by atoms with van der Waals surface area (Å²) in [6.07, 6.45) is 9.08. The lowest BCUT2D eigenvalue weighted by Crippen LogP contribution is -2.94. The highest BCUT2D eigenvalue weighted by Gasteiger charge is 2.35. The van der Waals surface area contributed by atoms with Crippen molar-refractivity contribution in [2.75, 3.05) is 25.4 Å². The second-order valence-corrected chi connectivity index (χ2v) is 7.53. The van der Waals surface area contributed by atoms with Crippen LogP contribution in [0.3, 0.4) is 0 Å². The fourth-order valence-electron chi connectivity index (χ4n) is 4.00. The average molecular weight is 298 g/mol. The number of amides is 1. The van der Waals surface area contributed by atoms with E-state index in [9.17, 15) is 4.79 Å². The Bertz CT molecular complexity index is 331. The van der Waals surface area contributed by atoms with Gasteiger partial charge in [-0.3, -0.25) is 10.1 Å². The van der Waals surface area contributed by atoms with E-state index in [2.05, 4.69) is 15.5 Å². The van der Waals surface area contributed by atoms with Gasteiger partial charge in [-0.1, -0.05) is 24.6 Å². The predicted octanol–water partition coefficient (Wildman–Crippen LogP) is 0.741. The Labute approximate surface area is 126 Å². The van der Waals surface area contributed by atoms with Crippen molar-refractivity contribution in [3.05, 3.63) is 0 Å². The summed E-state index contributed by atoms with van der Waals surface area (Å²) in [5.41, 5.74) is 0.389. The van der Waals surface area contributed by atoms with E-state index in [1.807, 2.05) is 0 Å². The van der Waals surface area contributed by atoms with Crippen LogP contribution < -0.4 is 10.6 Å². The number of nitrogens with one attached hydrogen (secondary N) is 1. The molecule has 0 aromatic rings. The number of thioether (sulfide) groups is 1. The molecule has 1 amide bonds. The Balaban J connectivity index is 1.50. The first kappa shape index (κ1) is 14.7. The largest absolute Gasteiger partial charge is 0.339 e. The number of nitrogens with two attached hydrogens (primary N) is 1. The molecule has 1 saturated carbocycles. The van der Waals surface area contributed by atoms with E-state index < -0.39 is 0 Å². The summed E-state index contributed by atoms with van der Waals surface area (Å²) in [4.78, 5) is 14.8. The summed E-state index contributed by atoms with van der Waals surface area (Å²) < 4.78 is 0. The van der Waals surface area contributed by atoms with E-state index in [-0.39, 0.29) is 0 Å². The Morgan fingerprint density at radius 2 is 2.05 bits per heavy atom. The van der Waals surface area contributed by atoms with Gasteiger partial charge in [0.1, 0.15) is 0 Å². The smallest absolute Gasteiger partial charge is 0.233 e. The third-order valence-corrected chi connectivity index (χ3v) is 6.19. The number of hydrogen-bond donors (Lipinski definition) is 2. The topological polar surface area (TPSA) is 49.0 Å². The highest BCUT2D eigenvalue weighted by atomic mass is 32.2. The van der Waals surface area contributed by atoms with Crippen LogP contribution in [0.15, 0.2) is 0 Å². The van der Waals surface area contributed by atoms with Crippen LogP contribution in [0.2, 0.25) is 0 Å². The fraction of sp³-hybridized carbons (Fsp3) is 0.933. The summed E-state index contributed by atoms with van der Waals surface area (Å²) in [5.74, 6) is 1.83. The fourth-order valence-corrected chi connectivity index (χ4v) is 5.00. The second-order valence-electron chi connectivity index (χ2n) is 6.40. The first-order valence-corrected chi connectivity index (χ1v) is 9.37. The van der Waals surface area contributed by atoms with E-state index >= 15 is 0 Å². The average Bonchev–Trinajstić information content (AvgIpc) is 2.53. The zero-order valence-electron chi connectivity index (χ0n) is 12.4. The van der Waals surface area contributed by atoms with E-state index in [1.54, 1.807) is 11.8 Å². The molecule has 114 valence electrons. The molecule has 0 spiro atoms. The zero-order chi connectivity index (χ0) is 13.8. The zero-order valence-corrected chi connectivity index (χ0v) is 13.2. The van der Waals surface area contributed by atoms with Crippen molar-refractivity contribution in [2.24, 2.45) is 5.92 Å². The van der Waals surface area contributed by atoms with Gasteiger partial charge in [-0.25, -0.2) is 0 Å². The predicted molar refractivity (Wildman–Crippen MR) is 82.4 cm³/mol. The van der Waals surface area contributed by atoms with E-state index in [4.69, 9.17) is 0 Å². The number of piperidine rings is 1. The van der Waals surface area contributed by atoms with E-state index in [0.29, 0.717) is 23.2 Å². The highest BCUT2D eigenvalue weighted by Crippen LogP contribution is 2.35. The Kier molecular flexibility index (Phi) is 5.24. The molecule has 3 rings (SSSR count). The number of rotatable bonds is 3. The van der Waals surface area contributed by atoms with Crippen LogP contribution in [0.4, 0.5) is 0 Å². The van der Waals surface area contributed by atoms with Gasteiger partial charge in [0.15, 0.2) is 5.50 Å². The molecule has 3 aliphatic rings. The molecule has 3 atom stereocenters.